The summed E-state index contributed by atoms with van der Waals surface area (Å²) in [6.45, 7) is 1.56. The van der Waals surface area contributed by atoms with E-state index in [9.17, 15) is 24.7 Å². The molecule has 0 saturated carbocycles. The predicted molar refractivity (Wildman–Crippen MR) is 105 cm³/mol. The van der Waals surface area contributed by atoms with Crippen molar-refractivity contribution in [3.63, 3.8) is 0 Å². The van der Waals surface area contributed by atoms with Crippen molar-refractivity contribution in [2.75, 3.05) is 7.05 Å². The van der Waals surface area contributed by atoms with E-state index in [1.165, 1.54) is 37.4 Å². The predicted octanol–water partition coefficient (Wildman–Crippen LogP) is 4.07. The second-order valence-corrected chi connectivity index (χ2v) is 6.67. The van der Waals surface area contributed by atoms with E-state index in [0.29, 0.717) is 17.0 Å². The molecule has 0 aliphatic heterocycles. The zero-order valence-electron chi connectivity index (χ0n) is 15.7. The molecule has 0 fully saturated rings. The molecule has 6 nitrogen and oxygen atoms in total. The first-order valence-corrected chi connectivity index (χ1v) is 8.90. The Morgan fingerprint density at radius 2 is 1.93 bits per heavy atom. The Hall–Kier alpha value is -3.55. The molecule has 29 heavy (non-hydrogen) atoms. The van der Waals surface area contributed by atoms with Crippen LogP contribution in [0.4, 0.5) is 4.39 Å². The molecule has 0 heterocycles. The number of rotatable bonds is 5. The number of aliphatic hydroxyl groups is 1. The van der Waals surface area contributed by atoms with Gasteiger partial charge in [0.05, 0.1) is 5.56 Å². The number of carbonyl (C=O) groups excluding carboxylic acids is 1. The fraction of sp³-hybridized carbons (Fsp3) is 0.190. The minimum Gasteiger partial charge on any atom is -0.506 e. The van der Waals surface area contributed by atoms with E-state index >= 15 is 0 Å². The molecular weight excluding hydrogens is 397 g/mol. The first kappa shape index (κ1) is 21.7. The Kier molecular flexibility index (Phi) is 6.82. The number of carbonyl (C=O) groups is 1. The third-order valence-corrected chi connectivity index (χ3v) is 4.52. The molecule has 0 atom stereocenters. The molecule has 0 aromatic heterocycles. The van der Waals surface area contributed by atoms with Crippen LogP contribution >= 0.6 is 11.6 Å². The number of nitriles is 2. The quantitative estimate of drug-likeness (QED) is 0.436. The molecule has 2 rings (SSSR count). The highest BCUT2D eigenvalue weighted by Crippen LogP contribution is 2.29. The first-order chi connectivity index (χ1) is 13.7. The summed E-state index contributed by atoms with van der Waals surface area (Å²) in [5, 5.41) is 39.4. The Bertz CT molecular complexity index is 1080. The van der Waals surface area contributed by atoms with Crippen LogP contribution in [0.2, 0.25) is 5.02 Å². The summed E-state index contributed by atoms with van der Waals surface area (Å²) in [6.07, 6.45) is 0.366. The van der Waals surface area contributed by atoms with Gasteiger partial charge in [0.15, 0.2) is 5.57 Å². The number of aromatic hydroxyl groups is 1. The Labute approximate surface area is 172 Å². The Balaban J connectivity index is 2.44. The van der Waals surface area contributed by atoms with Crippen LogP contribution in [-0.4, -0.2) is 28.1 Å². The molecule has 2 aromatic carbocycles. The largest absolute Gasteiger partial charge is 0.506 e. The van der Waals surface area contributed by atoms with E-state index in [2.05, 4.69) is 0 Å². The molecule has 0 aliphatic carbocycles. The van der Waals surface area contributed by atoms with Crippen LogP contribution in [0.15, 0.2) is 35.9 Å². The Morgan fingerprint density at radius 1 is 1.24 bits per heavy atom. The van der Waals surface area contributed by atoms with Gasteiger partial charge in [0, 0.05) is 29.7 Å². The van der Waals surface area contributed by atoms with Gasteiger partial charge in [0.2, 0.25) is 0 Å². The molecular formula is C21H17ClFN3O3. The number of hydrogen-bond acceptors (Lipinski definition) is 5. The highest BCUT2D eigenvalue weighted by Gasteiger charge is 2.23. The summed E-state index contributed by atoms with van der Waals surface area (Å²) in [4.78, 5) is 13.7. The SMILES string of the molecule is CCc1cc(/C(O)=C(\C#N)C(=O)N(C)Cc2cc(Cl)ccc2F)cc(C#N)c1O. The van der Waals surface area contributed by atoms with E-state index in [-0.39, 0.29) is 29.0 Å². The van der Waals surface area contributed by atoms with Gasteiger partial charge in [0.25, 0.3) is 5.91 Å². The maximum atomic E-state index is 13.9. The first-order valence-electron chi connectivity index (χ1n) is 8.52. The van der Waals surface area contributed by atoms with Crippen molar-refractivity contribution in [2.24, 2.45) is 0 Å². The number of hydrogen-bond donors (Lipinski definition) is 2. The number of aliphatic hydroxyl groups excluding tert-OH is 1. The van der Waals surface area contributed by atoms with Crippen molar-refractivity contribution in [1.29, 1.82) is 10.5 Å². The highest BCUT2D eigenvalue weighted by atomic mass is 35.5. The number of halogens is 2. The number of likely N-dealkylation sites (N-methyl/N-ethyl adjacent to an activating group) is 1. The molecule has 0 spiro atoms. The molecule has 0 bridgehead atoms. The zero-order valence-corrected chi connectivity index (χ0v) is 16.5. The summed E-state index contributed by atoms with van der Waals surface area (Å²) in [5.41, 5.74) is -0.0977. The summed E-state index contributed by atoms with van der Waals surface area (Å²) in [6, 6.07) is 9.94. The molecule has 0 unspecified atom stereocenters. The van der Waals surface area contributed by atoms with E-state index in [1.54, 1.807) is 19.1 Å². The lowest BCUT2D eigenvalue weighted by Crippen LogP contribution is -2.28. The zero-order chi connectivity index (χ0) is 21.7. The average molecular weight is 414 g/mol. The van der Waals surface area contributed by atoms with Crippen molar-refractivity contribution in [2.45, 2.75) is 19.9 Å². The number of phenols is 1. The van der Waals surface area contributed by atoms with Gasteiger partial charge >= 0.3 is 0 Å². The van der Waals surface area contributed by atoms with Gasteiger partial charge in [-0.1, -0.05) is 18.5 Å². The van der Waals surface area contributed by atoms with E-state index in [1.807, 2.05) is 0 Å². The minimum absolute atomic E-state index is 0.0448. The van der Waals surface area contributed by atoms with Crippen LogP contribution in [0, 0.1) is 28.5 Å². The fourth-order valence-electron chi connectivity index (χ4n) is 2.72. The van der Waals surface area contributed by atoms with Gasteiger partial charge in [-0.3, -0.25) is 4.79 Å². The summed E-state index contributed by atoms with van der Waals surface area (Å²) >= 11 is 5.85. The lowest BCUT2D eigenvalue weighted by atomic mass is 9.99. The summed E-state index contributed by atoms with van der Waals surface area (Å²) < 4.78 is 13.9. The molecule has 2 N–H and O–H groups in total. The van der Waals surface area contributed by atoms with Gasteiger partial charge in [-0.05, 0) is 42.3 Å². The molecule has 1 amide bonds. The van der Waals surface area contributed by atoms with Crippen molar-refractivity contribution in [1.82, 2.24) is 4.90 Å². The number of nitrogens with zero attached hydrogens (tertiary/aromatic N) is 3. The second kappa shape index (κ2) is 9.09. The molecule has 0 aliphatic rings. The summed E-state index contributed by atoms with van der Waals surface area (Å²) in [5.74, 6) is -2.26. The van der Waals surface area contributed by atoms with Crippen LogP contribution < -0.4 is 0 Å². The standard InChI is InChI=1S/C21H17ClFN3O3/c1-3-12-6-13(7-14(9-24)19(12)27)20(28)17(10-25)21(29)26(2)11-15-8-16(22)4-5-18(15)23/h4-8,27-28H,3,11H2,1-2H3/b20-17-. The molecule has 8 heteroatoms. The minimum atomic E-state index is -0.839. The van der Waals surface area contributed by atoms with Crippen LogP contribution in [0.1, 0.15) is 29.2 Å². The molecule has 0 radical (unpaired) electrons. The van der Waals surface area contributed by atoms with Crippen molar-refractivity contribution in [3.8, 4) is 17.9 Å². The molecule has 0 saturated heterocycles. The van der Waals surface area contributed by atoms with Crippen molar-refractivity contribution < 1.29 is 19.4 Å². The van der Waals surface area contributed by atoms with E-state index in [0.717, 1.165) is 4.90 Å². The number of phenolic OH excluding ortho intramolecular Hbond substituents is 1. The average Bonchev–Trinajstić information content (AvgIpc) is 2.71. The van der Waals surface area contributed by atoms with Gasteiger partial charge in [-0.2, -0.15) is 10.5 Å². The maximum absolute atomic E-state index is 13.9. The summed E-state index contributed by atoms with van der Waals surface area (Å²) in [7, 11) is 1.35. The number of amides is 1. The highest BCUT2D eigenvalue weighted by molar-refractivity contribution is 6.30. The fourth-order valence-corrected chi connectivity index (χ4v) is 2.91. The van der Waals surface area contributed by atoms with E-state index in [4.69, 9.17) is 16.9 Å². The monoisotopic (exact) mass is 413 g/mol. The van der Waals surface area contributed by atoms with Crippen LogP contribution in [0.25, 0.3) is 5.76 Å². The topological polar surface area (TPSA) is 108 Å². The number of aryl methyl sites for hydroxylation is 1. The normalized spacial score (nSPS) is 11.2. The van der Waals surface area contributed by atoms with Gasteiger partial charge < -0.3 is 15.1 Å². The third kappa shape index (κ3) is 4.66. The second-order valence-electron chi connectivity index (χ2n) is 6.23. The van der Waals surface area contributed by atoms with Crippen molar-refractivity contribution in [3.05, 3.63) is 69.0 Å². The van der Waals surface area contributed by atoms with E-state index < -0.39 is 23.1 Å². The lowest BCUT2D eigenvalue weighted by molar-refractivity contribution is -0.126. The van der Waals surface area contributed by atoms with Gasteiger partial charge in [0.1, 0.15) is 29.5 Å². The third-order valence-electron chi connectivity index (χ3n) is 4.29. The van der Waals surface area contributed by atoms with Gasteiger partial charge in [-0.25, -0.2) is 4.39 Å². The lowest BCUT2D eigenvalue weighted by Gasteiger charge is -2.18. The van der Waals surface area contributed by atoms with Crippen LogP contribution in [-0.2, 0) is 17.8 Å². The smallest absolute Gasteiger partial charge is 0.268 e. The van der Waals surface area contributed by atoms with Crippen molar-refractivity contribution >= 4 is 23.3 Å². The Morgan fingerprint density at radius 3 is 2.52 bits per heavy atom. The maximum Gasteiger partial charge on any atom is 0.268 e. The van der Waals surface area contributed by atoms with Crippen LogP contribution in [0.5, 0.6) is 5.75 Å². The molecule has 2 aromatic rings. The number of benzene rings is 2. The van der Waals surface area contributed by atoms with Gasteiger partial charge in [-0.15, -0.1) is 0 Å². The molecule has 148 valence electrons. The van der Waals surface area contributed by atoms with Crippen LogP contribution in [0.3, 0.4) is 0 Å².